The maximum atomic E-state index is 12.4. The molecule has 3 aromatic rings. The highest BCUT2D eigenvalue weighted by atomic mass is 35.5. The van der Waals surface area contributed by atoms with Gasteiger partial charge in [-0.3, -0.25) is 14.8 Å². The van der Waals surface area contributed by atoms with E-state index in [-0.39, 0.29) is 11.9 Å². The second-order valence-electron chi connectivity index (χ2n) is 5.69. The smallest absolute Gasteiger partial charge is 0.251 e. The molecule has 10 heteroatoms. The van der Waals surface area contributed by atoms with Crippen molar-refractivity contribution in [3.05, 3.63) is 57.0 Å². The number of rotatable bonds is 5. The van der Waals surface area contributed by atoms with Gasteiger partial charge in [-0.05, 0) is 31.5 Å². The topological polar surface area (TPSA) is 77.6 Å². The molecule has 1 unspecified atom stereocenters. The van der Waals surface area contributed by atoms with Crippen LogP contribution in [0.25, 0.3) is 0 Å². The highest BCUT2D eigenvalue weighted by Crippen LogP contribution is 2.22. The van der Waals surface area contributed by atoms with Crippen LogP contribution in [0.5, 0.6) is 0 Å². The van der Waals surface area contributed by atoms with Crippen molar-refractivity contribution in [1.82, 2.24) is 24.5 Å². The van der Waals surface area contributed by atoms with E-state index >= 15 is 0 Å². The fourth-order valence-corrected chi connectivity index (χ4v) is 2.97. The Morgan fingerprint density at radius 2 is 2.04 bits per heavy atom. The van der Waals surface area contributed by atoms with Gasteiger partial charge in [0.25, 0.3) is 5.91 Å². The van der Waals surface area contributed by atoms with Gasteiger partial charge in [-0.2, -0.15) is 5.10 Å². The minimum absolute atomic E-state index is 0.197. The lowest BCUT2D eigenvalue weighted by atomic mass is 10.2. The maximum Gasteiger partial charge on any atom is 0.251 e. The summed E-state index contributed by atoms with van der Waals surface area (Å²) in [5, 5.41) is 12.6. The molecule has 0 saturated carbocycles. The second-order valence-corrected chi connectivity index (χ2v) is 6.94. The first-order valence-corrected chi connectivity index (χ1v) is 8.82. The number of hydrogen-bond acceptors (Lipinski definition) is 4. The van der Waals surface area contributed by atoms with Gasteiger partial charge in [0, 0.05) is 10.0 Å². The predicted octanol–water partition coefficient (Wildman–Crippen LogP) is 3.99. The average Bonchev–Trinajstić information content (AvgIpc) is 3.17. The molecule has 0 bridgehead atoms. The first-order valence-electron chi connectivity index (χ1n) is 7.69. The standard InChI is InChI=1S/C16H15Cl3N6O/c1-9-14(19)6-21-25(9)10(2)15(26)22-16-20-8-24(23-16)7-11-3-4-12(17)5-13(11)18/h3-6,8,10H,7H2,1-2H3,(H,22,23,26). The number of nitrogens with zero attached hydrogens (tertiary/aromatic N) is 5. The normalized spacial score (nSPS) is 12.2. The van der Waals surface area contributed by atoms with Crippen LogP contribution in [0.4, 0.5) is 5.95 Å². The quantitative estimate of drug-likeness (QED) is 0.686. The van der Waals surface area contributed by atoms with E-state index in [4.69, 9.17) is 34.8 Å². The Labute approximate surface area is 164 Å². The Morgan fingerprint density at radius 1 is 1.27 bits per heavy atom. The van der Waals surface area contributed by atoms with Crippen molar-refractivity contribution in [2.24, 2.45) is 0 Å². The molecule has 1 aromatic carbocycles. The third kappa shape index (κ3) is 4.00. The van der Waals surface area contributed by atoms with Crippen molar-refractivity contribution in [3.63, 3.8) is 0 Å². The van der Waals surface area contributed by atoms with Gasteiger partial charge in [-0.1, -0.05) is 40.9 Å². The van der Waals surface area contributed by atoms with Crippen LogP contribution in [-0.2, 0) is 11.3 Å². The summed E-state index contributed by atoms with van der Waals surface area (Å²) >= 11 is 18.0. The van der Waals surface area contributed by atoms with E-state index in [1.807, 2.05) is 6.07 Å². The lowest BCUT2D eigenvalue weighted by molar-refractivity contribution is -0.119. The van der Waals surface area contributed by atoms with E-state index < -0.39 is 6.04 Å². The second kappa shape index (κ2) is 7.65. The van der Waals surface area contributed by atoms with E-state index in [0.29, 0.717) is 27.3 Å². The molecule has 3 rings (SSSR count). The molecule has 0 radical (unpaired) electrons. The summed E-state index contributed by atoms with van der Waals surface area (Å²) in [5.41, 5.74) is 1.55. The van der Waals surface area contributed by atoms with Crippen molar-refractivity contribution in [2.75, 3.05) is 5.32 Å². The summed E-state index contributed by atoms with van der Waals surface area (Å²) in [6.07, 6.45) is 3.02. The lowest BCUT2D eigenvalue weighted by Gasteiger charge is -2.12. The number of halogens is 3. The molecular formula is C16H15Cl3N6O. The molecule has 0 fully saturated rings. The summed E-state index contributed by atoms with van der Waals surface area (Å²) < 4.78 is 3.12. The van der Waals surface area contributed by atoms with Crippen LogP contribution in [-0.4, -0.2) is 30.5 Å². The van der Waals surface area contributed by atoms with Crippen LogP contribution in [0.1, 0.15) is 24.2 Å². The zero-order valence-electron chi connectivity index (χ0n) is 13.9. The van der Waals surface area contributed by atoms with Gasteiger partial charge < -0.3 is 0 Å². The molecule has 0 aliphatic carbocycles. The van der Waals surface area contributed by atoms with E-state index in [1.54, 1.807) is 35.3 Å². The highest BCUT2D eigenvalue weighted by molar-refractivity contribution is 6.35. The Bertz CT molecular complexity index is 951. The first kappa shape index (κ1) is 18.7. The van der Waals surface area contributed by atoms with Crippen LogP contribution < -0.4 is 5.32 Å². The minimum Gasteiger partial charge on any atom is -0.291 e. The number of hydrogen-bond donors (Lipinski definition) is 1. The summed E-state index contributed by atoms with van der Waals surface area (Å²) in [4.78, 5) is 16.5. The minimum atomic E-state index is -0.555. The van der Waals surface area contributed by atoms with Gasteiger partial charge in [0.15, 0.2) is 0 Å². The molecule has 0 aliphatic heterocycles. The molecule has 0 spiro atoms. The molecule has 136 valence electrons. The molecule has 1 atom stereocenters. The Morgan fingerprint density at radius 3 is 2.69 bits per heavy atom. The van der Waals surface area contributed by atoms with Crippen molar-refractivity contribution in [2.45, 2.75) is 26.4 Å². The number of aromatic nitrogens is 5. The Balaban J connectivity index is 1.68. The van der Waals surface area contributed by atoms with Gasteiger partial charge in [0.05, 0.1) is 23.5 Å². The van der Waals surface area contributed by atoms with E-state index in [9.17, 15) is 4.79 Å². The van der Waals surface area contributed by atoms with Crippen LogP contribution >= 0.6 is 34.8 Å². The number of nitrogens with one attached hydrogen (secondary N) is 1. The molecule has 0 saturated heterocycles. The molecule has 0 aliphatic rings. The number of benzene rings is 1. The van der Waals surface area contributed by atoms with E-state index in [2.05, 4.69) is 20.5 Å². The van der Waals surface area contributed by atoms with Crippen molar-refractivity contribution >= 4 is 46.7 Å². The van der Waals surface area contributed by atoms with E-state index in [1.165, 1.54) is 12.5 Å². The van der Waals surface area contributed by atoms with Crippen molar-refractivity contribution < 1.29 is 4.79 Å². The monoisotopic (exact) mass is 412 g/mol. The SMILES string of the molecule is Cc1c(Cl)cnn1C(C)C(=O)Nc1ncn(Cc2ccc(Cl)cc2Cl)n1. The molecule has 1 N–H and O–H groups in total. The summed E-state index contributed by atoms with van der Waals surface area (Å²) in [6, 6.07) is 4.68. The summed E-state index contributed by atoms with van der Waals surface area (Å²) in [7, 11) is 0. The fraction of sp³-hybridized carbons (Fsp3) is 0.250. The molecule has 7 nitrogen and oxygen atoms in total. The van der Waals surface area contributed by atoms with Gasteiger partial charge in [-0.15, -0.1) is 5.10 Å². The molecule has 2 heterocycles. The third-order valence-corrected chi connectivity index (χ3v) is 4.81. The zero-order chi connectivity index (χ0) is 18.8. The first-order chi connectivity index (χ1) is 12.3. The zero-order valence-corrected chi connectivity index (χ0v) is 16.2. The number of carbonyl (C=O) groups is 1. The fourth-order valence-electron chi connectivity index (χ4n) is 2.37. The number of amides is 1. The van der Waals surface area contributed by atoms with Gasteiger partial charge in [0.1, 0.15) is 12.4 Å². The Hall–Kier alpha value is -2.09. The highest BCUT2D eigenvalue weighted by Gasteiger charge is 2.20. The Kier molecular flexibility index (Phi) is 5.50. The van der Waals surface area contributed by atoms with Crippen LogP contribution in [0.3, 0.4) is 0 Å². The van der Waals surface area contributed by atoms with Gasteiger partial charge in [-0.25, -0.2) is 9.67 Å². The third-order valence-electron chi connectivity index (χ3n) is 3.85. The predicted molar refractivity (Wildman–Crippen MR) is 101 cm³/mol. The summed E-state index contributed by atoms with van der Waals surface area (Å²) in [6.45, 7) is 3.92. The largest absolute Gasteiger partial charge is 0.291 e. The lowest BCUT2D eigenvalue weighted by Crippen LogP contribution is -2.25. The number of anilines is 1. The molecule has 2 aromatic heterocycles. The average molecular weight is 414 g/mol. The van der Waals surface area contributed by atoms with Crippen molar-refractivity contribution in [3.8, 4) is 0 Å². The maximum absolute atomic E-state index is 12.4. The molecular weight excluding hydrogens is 399 g/mol. The number of carbonyl (C=O) groups excluding carboxylic acids is 1. The van der Waals surface area contributed by atoms with Crippen molar-refractivity contribution in [1.29, 1.82) is 0 Å². The summed E-state index contributed by atoms with van der Waals surface area (Å²) in [5.74, 6) is -0.0991. The molecule has 26 heavy (non-hydrogen) atoms. The van der Waals surface area contributed by atoms with E-state index in [0.717, 1.165) is 5.56 Å². The van der Waals surface area contributed by atoms with Gasteiger partial charge >= 0.3 is 0 Å². The van der Waals surface area contributed by atoms with Crippen LogP contribution in [0.15, 0.2) is 30.7 Å². The van der Waals surface area contributed by atoms with Crippen LogP contribution in [0, 0.1) is 6.92 Å². The van der Waals surface area contributed by atoms with Crippen LogP contribution in [0.2, 0.25) is 15.1 Å². The van der Waals surface area contributed by atoms with Gasteiger partial charge in [0.2, 0.25) is 5.95 Å². The molecule has 1 amide bonds.